The van der Waals surface area contributed by atoms with Gasteiger partial charge < -0.3 is 20.4 Å². The Morgan fingerprint density at radius 1 is 1.35 bits per heavy atom. The number of carbonyl (C=O) groups is 1. The second-order valence-electron chi connectivity index (χ2n) is 7.32. The molecule has 2 aliphatic heterocycles. The number of aldehydes is 1. The van der Waals surface area contributed by atoms with Crippen LogP contribution in [0.1, 0.15) is 32.1 Å². The Morgan fingerprint density at radius 3 is 2.52 bits per heavy atom. The van der Waals surface area contributed by atoms with Crippen molar-refractivity contribution in [2.24, 2.45) is 5.92 Å². The van der Waals surface area contributed by atoms with Crippen LogP contribution in [0.25, 0.3) is 0 Å². The molecule has 1 aliphatic carbocycles. The lowest BCUT2D eigenvalue weighted by Gasteiger charge is -2.43. The Labute approximate surface area is 138 Å². The van der Waals surface area contributed by atoms with E-state index in [1.807, 2.05) is 6.20 Å². The third-order valence-electron chi connectivity index (χ3n) is 5.98. The molecular weight excluding hydrogens is 287 g/mol. The maximum Gasteiger partial charge on any atom is 0.270 e. The lowest BCUT2D eigenvalue weighted by molar-refractivity contribution is -0.115. The van der Waals surface area contributed by atoms with E-state index >= 15 is 0 Å². The lowest BCUT2D eigenvalue weighted by Crippen LogP contribution is -2.51. The third-order valence-corrected chi connectivity index (χ3v) is 5.98. The van der Waals surface area contributed by atoms with Gasteiger partial charge in [0.2, 0.25) is 0 Å². The van der Waals surface area contributed by atoms with Gasteiger partial charge in [-0.25, -0.2) is 5.26 Å². The number of allylic oxidation sites excluding steroid dienone is 1. The van der Waals surface area contributed by atoms with Gasteiger partial charge in [0.25, 0.3) is 6.71 Å². The molecule has 0 aromatic rings. The van der Waals surface area contributed by atoms with Crippen molar-refractivity contribution in [2.45, 2.75) is 56.3 Å². The van der Waals surface area contributed by atoms with E-state index in [-0.39, 0.29) is 12.3 Å². The first-order valence-corrected chi connectivity index (χ1v) is 8.78. The smallest absolute Gasteiger partial charge is 0.270 e. The largest absolute Gasteiger partial charge is 0.379 e. The predicted octanol–water partition coefficient (Wildman–Crippen LogP) is 1.88. The number of hydrogen-bond acceptors (Lipinski definition) is 5. The minimum atomic E-state index is -0.368. The van der Waals surface area contributed by atoms with Gasteiger partial charge in [-0.15, -0.1) is 0 Å². The summed E-state index contributed by atoms with van der Waals surface area (Å²) < 4.78 is 0. The van der Waals surface area contributed by atoms with Crippen LogP contribution in [-0.2, 0) is 4.79 Å². The van der Waals surface area contributed by atoms with E-state index in [9.17, 15) is 4.79 Å². The highest BCUT2D eigenvalue weighted by Gasteiger charge is 2.39. The molecule has 0 spiro atoms. The molecule has 0 aromatic heterocycles. The maximum absolute atomic E-state index is 11.2. The highest BCUT2D eigenvalue weighted by atomic mass is 16.1. The molecule has 0 atom stereocenters. The van der Waals surface area contributed by atoms with Gasteiger partial charge in [0.1, 0.15) is 6.29 Å². The predicted molar refractivity (Wildman–Crippen MR) is 91.7 cm³/mol. The van der Waals surface area contributed by atoms with Gasteiger partial charge in [-0.2, -0.15) is 0 Å². The molecule has 2 saturated heterocycles. The van der Waals surface area contributed by atoms with Crippen molar-refractivity contribution in [3.63, 3.8) is 0 Å². The monoisotopic (exact) mass is 312 g/mol. The van der Waals surface area contributed by atoms with Crippen LogP contribution in [0.3, 0.4) is 0 Å². The van der Waals surface area contributed by atoms with Gasteiger partial charge >= 0.3 is 0 Å². The van der Waals surface area contributed by atoms with Crippen molar-refractivity contribution in [3.05, 3.63) is 11.8 Å². The Balaban J connectivity index is 1.50. The standard InChI is InChI=1S/C17H25BN4O/c19-10-15(11-21-17(12-23)4-1-5-17)14-2-6-22(7-3-14)16-8-18(9-16)13-20/h10-12,14,16,19,21H,1-9H2/b15-11+,19-10?. The summed E-state index contributed by atoms with van der Waals surface area (Å²) in [6, 6.07) is 0.597. The van der Waals surface area contributed by atoms with Crippen molar-refractivity contribution in [2.75, 3.05) is 13.1 Å². The van der Waals surface area contributed by atoms with Gasteiger partial charge in [-0.05, 0) is 75.4 Å². The number of likely N-dealkylation sites (tertiary alicyclic amines) is 1. The molecular formula is C17H25BN4O. The molecule has 0 aromatic carbocycles. The summed E-state index contributed by atoms with van der Waals surface area (Å²) in [6.45, 7) is 2.37. The topological polar surface area (TPSA) is 80.0 Å². The molecule has 122 valence electrons. The summed E-state index contributed by atoms with van der Waals surface area (Å²) in [5.74, 6) is 2.76. The fourth-order valence-electron chi connectivity index (χ4n) is 3.95. The third kappa shape index (κ3) is 3.35. The van der Waals surface area contributed by atoms with Crippen molar-refractivity contribution in [1.29, 1.82) is 10.7 Å². The van der Waals surface area contributed by atoms with E-state index in [1.165, 1.54) is 6.21 Å². The first kappa shape index (κ1) is 16.3. The Morgan fingerprint density at radius 2 is 2.04 bits per heavy atom. The highest BCUT2D eigenvalue weighted by molar-refractivity contribution is 6.70. The Bertz CT molecular complexity index is 523. The molecule has 0 unspecified atom stereocenters. The summed E-state index contributed by atoms with van der Waals surface area (Å²) in [5, 5.41) is 19.9. The average molecular weight is 312 g/mol. The van der Waals surface area contributed by atoms with Gasteiger partial charge in [-0.3, -0.25) is 0 Å². The summed E-state index contributed by atoms with van der Waals surface area (Å²) in [4.78, 5) is 13.7. The molecule has 3 aliphatic rings. The van der Waals surface area contributed by atoms with E-state index < -0.39 is 0 Å². The second kappa shape index (κ2) is 6.88. The lowest BCUT2D eigenvalue weighted by atomic mass is 9.34. The van der Waals surface area contributed by atoms with E-state index in [2.05, 4.69) is 16.2 Å². The van der Waals surface area contributed by atoms with Crippen LogP contribution in [0.15, 0.2) is 11.8 Å². The summed E-state index contributed by atoms with van der Waals surface area (Å²) >= 11 is 0. The number of carbonyl (C=O) groups excluding carboxylic acids is 1. The molecule has 5 nitrogen and oxygen atoms in total. The zero-order chi connectivity index (χ0) is 16.3. The molecule has 2 heterocycles. The van der Waals surface area contributed by atoms with Crippen LogP contribution < -0.4 is 5.32 Å². The fourth-order valence-corrected chi connectivity index (χ4v) is 3.95. The van der Waals surface area contributed by atoms with Gasteiger partial charge in [0, 0.05) is 18.4 Å². The van der Waals surface area contributed by atoms with Gasteiger partial charge in [0.05, 0.1) is 5.54 Å². The molecule has 1 saturated carbocycles. The first-order valence-electron chi connectivity index (χ1n) is 8.78. The van der Waals surface area contributed by atoms with E-state index in [0.29, 0.717) is 12.0 Å². The number of hydrogen-bond donors (Lipinski definition) is 2. The number of piperidine rings is 1. The Kier molecular flexibility index (Phi) is 4.86. The Hall–Kier alpha value is -1.61. The molecule has 6 heteroatoms. The summed E-state index contributed by atoms with van der Waals surface area (Å²) in [5.41, 5.74) is 0.647. The van der Waals surface area contributed by atoms with Crippen LogP contribution >= 0.6 is 0 Å². The van der Waals surface area contributed by atoms with Crippen LogP contribution in [0, 0.1) is 22.6 Å². The molecule has 0 amide bonds. The van der Waals surface area contributed by atoms with Crippen molar-refractivity contribution in [1.82, 2.24) is 10.2 Å². The number of rotatable bonds is 6. The molecule has 0 radical (unpaired) electrons. The van der Waals surface area contributed by atoms with Crippen LogP contribution in [0.4, 0.5) is 0 Å². The molecule has 3 fully saturated rings. The number of nitriles is 1. The summed E-state index contributed by atoms with van der Waals surface area (Å²) in [6.07, 6.45) is 11.5. The zero-order valence-electron chi connectivity index (χ0n) is 13.6. The number of nitrogens with zero attached hydrogens (tertiary/aromatic N) is 2. The second-order valence-corrected chi connectivity index (χ2v) is 7.32. The summed E-state index contributed by atoms with van der Waals surface area (Å²) in [7, 11) is 0. The molecule has 3 rings (SSSR count). The first-order chi connectivity index (χ1) is 11.2. The van der Waals surface area contributed by atoms with Crippen molar-refractivity contribution in [3.8, 4) is 5.97 Å². The normalized spacial score (nSPS) is 25.9. The SMILES string of the molecule is N#CB1CC(N2CCC(/C(C=N)=C/NC3(C=O)CCC3)CC2)C1. The zero-order valence-corrected chi connectivity index (χ0v) is 13.6. The van der Waals surface area contributed by atoms with Gasteiger partial charge in [0.15, 0.2) is 0 Å². The fraction of sp³-hybridized carbons (Fsp3) is 0.706. The quantitative estimate of drug-likeness (QED) is 0.446. The van der Waals surface area contributed by atoms with E-state index in [1.54, 1.807) is 0 Å². The van der Waals surface area contributed by atoms with Crippen LogP contribution in [0.2, 0.25) is 12.6 Å². The maximum atomic E-state index is 11.2. The highest BCUT2D eigenvalue weighted by Crippen LogP contribution is 2.33. The molecule has 23 heavy (non-hydrogen) atoms. The average Bonchev–Trinajstić information content (AvgIpc) is 2.50. The van der Waals surface area contributed by atoms with Crippen LogP contribution in [0.5, 0.6) is 0 Å². The van der Waals surface area contributed by atoms with Gasteiger partial charge in [-0.1, -0.05) is 0 Å². The minimum absolute atomic E-state index is 0.265. The van der Waals surface area contributed by atoms with Crippen molar-refractivity contribution >= 4 is 19.2 Å². The van der Waals surface area contributed by atoms with E-state index in [4.69, 9.17) is 10.7 Å². The number of nitrogens with one attached hydrogen (secondary N) is 2. The van der Waals surface area contributed by atoms with E-state index in [0.717, 1.165) is 69.7 Å². The minimum Gasteiger partial charge on any atom is -0.379 e. The molecule has 2 N–H and O–H groups in total. The van der Waals surface area contributed by atoms with Crippen molar-refractivity contribution < 1.29 is 4.79 Å². The molecule has 0 bridgehead atoms. The van der Waals surface area contributed by atoms with Crippen LogP contribution in [-0.4, -0.2) is 48.8 Å².